The number of nitrogens with zero attached hydrogens (tertiary/aromatic N) is 1. The van der Waals surface area contributed by atoms with Crippen molar-refractivity contribution in [3.63, 3.8) is 0 Å². The Morgan fingerprint density at radius 1 is 1.45 bits per heavy atom. The smallest absolute Gasteiger partial charge is 0.223 e. The summed E-state index contributed by atoms with van der Waals surface area (Å²) in [6.45, 7) is 7.32. The Hall–Kier alpha value is -1.55. The van der Waals surface area contributed by atoms with E-state index in [1.165, 1.54) is 0 Å². The number of aryl methyl sites for hydroxylation is 1. The number of benzene rings is 1. The van der Waals surface area contributed by atoms with Gasteiger partial charge in [-0.1, -0.05) is 18.2 Å². The Labute approximate surface area is 121 Å². The lowest BCUT2D eigenvalue weighted by atomic mass is 10.1. The van der Waals surface area contributed by atoms with Crippen LogP contribution in [0.4, 0.5) is 0 Å². The zero-order valence-corrected chi connectivity index (χ0v) is 12.4. The van der Waals surface area contributed by atoms with Crippen LogP contribution in [0.3, 0.4) is 0 Å². The highest BCUT2D eigenvalue weighted by molar-refractivity contribution is 5.77. The molecule has 0 bridgehead atoms. The van der Waals surface area contributed by atoms with Crippen LogP contribution in [0.1, 0.15) is 25.8 Å². The monoisotopic (exact) mass is 276 g/mol. The van der Waals surface area contributed by atoms with Crippen LogP contribution in [0.2, 0.25) is 0 Å². The van der Waals surface area contributed by atoms with Crippen molar-refractivity contribution in [1.82, 2.24) is 10.2 Å². The molecule has 0 saturated carbocycles. The number of piperazine rings is 1. The largest absolute Gasteiger partial charge is 0.494 e. The van der Waals surface area contributed by atoms with Gasteiger partial charge in [-0.05, 0) is 31.9 Å². The molecule has 1 aromatic carbocycles. The number of carbonyl (C=O) groups is 1. The van der Waals surface area contributed by atoms with Crippen LogP contribution >= 0.6 is 0 Å². The standard InChI is InChI=1S/C16H24N2O2/c1-3-20-15-7-5-4-6-14(15)8-9-16(19)18-11-10-17-12-13(18)2/h4-7,13,17H,3,8-12H2,1-2H3/t13-/m1/s1. The molecule has 4 heteroatoms. The molecule has 0 radical (unpaired) electrons. The lowest BCUT2D eigenvalue weighted by Crippen LogP contribution is -2.52. The Balaban J connectivity index is 1.92. The summed E-state index contributed by atoms with van der Waals surface area (Å²) in [5, 5.41) is 3.31. The Morgan fingerprint density at radius 2 is 2.25 bits per heavy atom. The molecule has 0 aromatic heterocycles. The topological polar surface area (TPSA) is 41.6 Å². The van der Waals surface area contributed by atoms with Gasteiger partial charge in [0.2, 0.25) is 5.91 Å². The van der Waals surface area contributed by atoms with Crippen molar-refractivity contribution < 1.29 is 9.53 Å². The van der Waals surface area contributed by atoms with E-state index in [1.54, 1.807) is 0 Å². The maximum atomic E-state index is 12.3. The van der Waals surface area contributed by atoms with E-state index in [9.17, 15) is 4.79 Å². The van der Waals surface area contributed by atoms with Crippen LogP contribution in [0, 0.1) is 0 Å². The van der Waals surface area contributed by atoms with Crippen LogP contribution in [-0.2, 0) is 11.2 Å². The third-order valence-electron chi connectivity index (χ3n) is 3.70. The highest BCUT2D eigenvalue weighted by Crippen LogP contribution is 2.20. The molecule has 0 unspecified atom stereocenters. The van der Waals surface area contributed by atoms with Crippen molar-refractivity contribution in [3.8, 4) is 5.75 Å². The molecule has 1 aliphatic heterocycles. The van der Waals surface area contributed by atoms with Gasteiger partial charge in [-0.15, -0.1) is 0 Å². The molecule has 4 nitrogen and oxygen atoms in total. The van der Waals surface area contributed by atoms with E-state index < -0.39 is 0 Å². The van der Waals surface area contributed by atoms with Crippen molar-refractivity contribution >= 4 is 5.91 Å². The third-order valence-corrected chi connectivity index (χ3v) is 3.70. The fourth-order valence-electron chi connectivity index (χ4n) is 2.60. The molecule has 110 valence electrons. The van der Waals surface area contributed by atoms with E-state index in [4.69, 9.17) is 4.74 Å². The van der Waals surface area contributed by atoms with E-state index in [2.05, 4.69) is 12.2 Å². The van der Waals surface area contributed by atoms with Crippen LogP contribution in [0.15, 0.2) is 24.3 Å². The zero-order valence-electron chi connectivity index (χ0n) is 12.4. The predicted molar refractivity (Wildman–Crippen MR) is 80.0 cm³/mol. The van der Waals surface area contributed by atoms with Gasteiger partial charge in [0.1, 0.15) is 5.75 Å². The highest BCUT2D eigenvalue weighted by Gasteiger charge is 2.22. The van der Waals surface area contributed by atoms with Crippen molar-refractivity contribution in [2.24, 2.45) is 0 Å². The molecule has 2 rings (SSSR count). The summed E-state index contributed by atoms with van der Waals surface area (Å²) < 4.78 is 5.60. The van der Waals surface area contributed by atoms with Gasteiger partial charge in [0.05, 0.1) is 6.61 Å². The normalized spacial score (nSPS) is 18.9. The molecule has 1 saturated heterocycles. The van der Waals surface area contributed by atoms with Crippen molar-refractivity contribution in [3.05, 3.63) is 29.8 Å². The van der Waals surface area contributed by atoms with Gasteiger partial charge >= 0.3 is 0 Å². The summed E-state index contributed by atoms with van der Waals surface area (Å²) in [5.41, 5.74) is 1.12. The molecule has 1 fully saturated rings. The third kappa shape index (κ3) is 3.73. The molecule has 1 atom stereocenters. The summed E-state index contributed by atoms with van der Waals surface area (Å²) in [7, 11) is 0. The van der Waals surface area contributed by atoms with Crippen LogP contribution in [-0.4, -0.2) is 43.1 Å². The van der Waals surface area contributed by atoms with E-state index in [0.717, 1.165) is 37.4 Å². The van der Waals surface area contributed by atoms with Gasteiger partial charge in [-0.25, -0.2) is 0 Å². The first-order chi connectivity index (χ1) is 9.72. The Morgan fingerprint density at radius 3 is 3.00 bits per heavy atom. The van der Waals surface area contributed by atoms with Crippen LogP contribution in [0.25, 0.3) is 0 Å². The molecule has 1 aliphatic rings. The molecule has 1 heterocycles. The van der Waals surface area contributed by atoms with E-state index in [1.807, 2.05) is 36.1 Å². The molecule has 1 N–H and O–H groups in total. The predicted octanol–water partition coefficient (Wildman–Crippen LogP) is 1.84. The zero-order chi connectivity index (χ0) is 14.4. The molecule has 1 aromatic rings. The minimum Gasteiger partial charge on any atom is -0.494 e. The number of rotatable bonds is 5. The van der Waals surface area contributed by atoms with Gasteiger partial charge in [-0.2, -0.15) is 0 Å². The number of carbonyl (C=O) groups excluding carboxylic acids is 1. The molecular weight excluding hydrogens is 252 g/mol. The second-order valence-corrected chi connectivity index (χ2v) is 5.18. The van der Waals surface area contributed by atoms with Crippen LogP contribution < -0.4 is 10.1 Å². The average molecular weight is 276 g/mol. The minimum atomic E-state index is 0.241. The van der Waals surface area contributed by atoms with Crippen molar-refractivity contribution in [2.75, 3.05) is 26.2 Å². The fourth-order valence-corrected chi connectivity index (χ4v) is 2.60. The highest BCUT2D eigenvalue weighted by atomic mass is 16.5. The average Bonchev–Trinajstić information content (AvgIpc) is 2.47. The Kier molecular flexibility index (Phi) is 5.41. The van der Waals surface area contributed by atoms with Gasteiger partial charge in [0.25, 0.3) is 0 Å². The number of ether oxygens (including phenoxy) is 1. The summed E-state index contributed by atoms with van der Waals surface area (Å²) in [5.74, 6) is 1.14. The first-order valence-corrected chi connectivity index (χ1v) is 7.43. The van der Waals surface area contributed by atoms with E-state index in [0.29, 0.717) is 19.1 Å². The van der Waals surface area contributed by atoms with Crippen LogP contribution in [0.5, 0.6) is 5.75 Å². The van der Waals surface area contributed by atoms with Crippen molar-refractivity contribution in [1.29, 1.82) is 0 Å². The quantitative estimate of drug-likeness (QED) is 0.892. The lowest BCUT2D eigenvalue weighted by molar-refractivity contribution is -0.133. The van der Waals surface area contributed by atoms with Gasteiger partial charge in [0.15, 0.2) is 0 Å². The van der Waals surface area contributed by atoms with Crippen molar-refractivity contribution in [2.45, 2.75) is 32.7 Å². The van der Waals surface area contributed by atoms with Gasteiger partial charge < -0.3 is 15.0 Å². The summed E-state index contributed by atoms with van der Waals surface area (Å²) >= 11 is 0. The number of para-hydroxylation sites is 1. The lowest BCUT2D eigenvalue weighted by Gasteiger charge is -2.34. The maximum Gasteiger partial charge on any atom is 0.223 e. The number of hydrogen-bond acceptors (Lipinski definition) is 3. The number of nitrogens with one attached hydrogen (secondary N) is 1. The first-order valence-electron chi connectivity index (χ1n) is 7.43. The number of amides is 1. The first kappa shape index (κ1) is 14.9. The summed E-state index contributed by atoms with van der Waals surface area (Å²) in [4.78, 5) is 14.3. The van der Waals surface area contributed by atoms with E-state index >= 15 is 0 Å². The number of hydrogen-bond donors (Lipinski definition) is 1. The molecule has 0 spiro atoms. The molecule has 1 amide bonds. The second kappa shape index (κ2) is 7.29. The summed E-state index contributed by atoms with van der Waals surface area (Å²) in [6, 6.07) is 8.26. The Bertz CT molecular complexity index is 448. The molecular formula is C16H24N2O2. The summed E-state index contributed by atoms with van der Waals surface area (Å²) in [6.07, 6.45) is 1.29. The maximum absolute atomic E-state index is 12.3. The van der Waals surface area contributed by atoms with Gasteiger partial charge in [0, 0.05) is 32.1 Å². The minimum absolute atomic E-state index is 0.241. The SMILES string of the molecule is CCOc1ccccc1CCC(=O)N1CCNC[C@H]1C. The molecule has 20 heavy (non-hydrogen) atoms. The molecule has 0 aliphatic carbocycles. The fraction of sp³-hybridized carbons (Fsp3) is 0.562. The van der Waals surface area contributed by atoms with E-state index in [-0.39, 0.29) is 5.91 Å². The van der Waals surface area contributed by atoms with Gasteiger partial charge in [-0.3, -0.25) is 4.79 Å². The second-order valence-electron chi connectivity index (χ2n) is 5.18.